The topological polar surface area (TPSA) is 76.6 Å². The normalized spacial score (nSPS) is 19.6. The third-order valence-electron chi connectivity index (χ3n) is 4.77. The van der Waals surface area contributed by atoms with Crippen LogP contribution in [-0.2, 0) is 15.9 Å². The van der Waals surface area contributed by atoms with E-state index in [0.717, 1.165) is 25.0 Å². The molecule has 0 radical (unpaired) electrons. The van der Waals surface area contributed by atoms with Gasteiger partial charge in [-0.25, -0.2) is 9.31 Å². The minimum Gasteiger partial charge on any atom is -0.455 e. The number of rotatable bonds is 3. The summed E-state index contributed by atoms with van der Waals surface area (Å²) >= 11 is 0. The minimum absolute atomic E-state index is 0.113. The van der Waals surface area contributed by atoms with Gasteiger partial charge in [0.25, 0.3) is 0 Å². The van der Waals surface area contributed by atoms with Crippen LogP contribution >= 0.6 is 0 Å². The smallest absolute Gasteiger partial charge is 0.359 e. The van der Waals surface area contributed by atoms with E-state index in [2.05, 4.69) is 31.1 Å². The van der Waals surface area contributed by atoms with E-state index < -0.39 is 11.6 Å². The second kappa shape index (κ2) is 6.97. The van der Waals surface area contributed by atoms with Crippen molar-refractivity contribution >= 4 is 11.5 Å². The van der Waals surface area contributed by atoms with E-state index in [0.29, 0.717) is 11.5 Å². The standard InChI is InChI=1S/C21H27N3O3/c1-20(2,3)27-19(25)18-16(8-10-22)17-7-6-15(13-24(17)23-18)14-9-11-26-21(4,5)12-14/h6-7,13-14H,8-9,11-12H2,1-5H3. The maximum atomic E-state index is 12.6. The van der Waals surface area contributed by atoms with Crippen LogP contribution in [0.25, 0.3) is 5.52 Å². The average Bonchev–Trinajstić information content (AvgIpc) is 2.91. The average molecular weight is 369 g/mol. The summed E-state index contributed by atoms with van der Waals surface area (Å²) < 4.78 is 13.0. The van der Waals surface area contributed by atoms with Crippen molar-refractivity contribution in [3.05, 3.63) is 35.2 Å². The summed E-state index contributed by atoms with van der Waals surface area (Å²) in [6.45, 7) is 10.4. The number of nitrogens with zero attached hydrogens (tertiary/aromatic N) is 3. The van der Waals surface area contributed by atoms with Crippen LogP contribution < -0.4 is 0 Å². The summed E-state index contributed by atoms with van der Waals surface area (Å²) in [6, 6.07) is 6.15. The van der Waals surface area contributed by atoms with Gasteiger partial charge in [0.2, 0.25) is 0 Å². The zero-order valence-electron chi connectivity index (χ0n) is 16.7. The summed E-state index contributed by atoms with van der Waals surface area (Å²) in [5.74, 6) is -0.114. The van der Waals surface area contributed by atoms with Crippen LogP contribution in [0.1, 0.15) is 75.0 Å². The Kier molecular flexibility index (Phi) is 5.00. The monoisotopic (exact) mass is 369 g/mol. The van der Waals surface area contributed by atoms with Crippen molar-refractivity contribution in [1.29, 1.82) is 5.26 Å². The maximum Gasteiger partial charge on any atom is 0.359 e. The van der Waals surface area contributed by atoms with E-state index in [9.17, 15) is 10.1 Å². The fourth-order valence-corrected chi connectivity index (χ4v) is 3.62. The molecule has 6 heteroatoms. The molecule has 2 aromatic heterocycles. The van der Waals surface area contributed by atoms with Crippen molar-refractivity contribution in [2.75, 3.05) is 6.61 Å². The number of carbonyl (C=O) groups excluding carboxylic acids is 1. The molecular weight excluding hydrogens is 342 g/mol. The van der Waals surface area contributed by atoms with Crippen LogP contribution in [0.3, 0.4) is 0 Å². The molecule has 0 aliphatic carbocycles. The minimum atomic E-state index is -0.615. The Morgan fingerprint density at radius 2 is 2.19 bits per heavy atom. The first kappa shape index (κ1) is 19.4. The van der Waals surface area contributed by atoms with Crippen molar-refractivity contribution < 1.29 is 14.3 Å². The first-order valence-electron chi connectivity index (χ1n) is 9.35. The summed E-state index contributed by atoms with van der Waals surface area (Å²) in [5.41, 5.74) is 2.01. The summed E-state index contributed by atoms with van der Waals surface area (Å²) in [6.07, 6.45) is 3.97. The third kappa shape index (κ3) is 4.30. The molecule has 2 aromatic rings. The number of fused-ring (bicyclic) bond motifs is 1. The van der Waals surface area contributed by atoms with Gasteiger partial charge in [0, 0.05) is 18.4 Å². The molecule has 1 atom stereocenters. The first-order valence-corrected chi connectivity index (χ1v) is 9.35. The van der Waals surface area contributed by atoms with Crippen LogP contribution in [0.4, 0.5) is 0 Å². The van der Waals surface area contributed by atoms with Crippen LogP contribution in [0, 0.1) is 11.3 Å². The molecule has 1 saturated heterocycles. The number of hydrogen-bond acceptors (Lipinski definition) is 5. The van der Waals surface area contributed by atoms with Gasteiger partial charge in [-0.1, -0.05) is 6.07 Å². The van der Waals surface area contributed by atoms with Gasteiger partial charge in [-0.2, -0.15) is 10.4 Å². The second-order valence-electron chi connectivity index (χ2n) is 8.75. The van der Waals surface area contributed by atoms with Gasteiger partial charge in [-0.15, -0.1) is 0 Å². The van der Waals surface area contributed by atoms with Crippen LogP contribution in [-0.4, -0.2) is 33.4 Å². The largest absolute Gasteiger partial charge is 0.455 e. The van der Waals surface area contributed by atoms with Crippen molar-refractivity contribution in [2.45, 2.75) is 71.0 Å². The highest BCUT2D eigenvalue weighted by Gasteiger charge is 2.30. The van der Waals surface area contributed by atoms with Crippen molar-refractivity contribution in [1.82, 2.24) is 9.61 Å². The van der Waals surface area contributed by atoms with Gasteiger partial charge in [0.1, 0.15) is 5.60 Å². The number of aromatic nitrogens is 2. The Balaban J connectivity index is 2.00. The Morgan fingerprint density at radius 3 is 2.81 bits per heavy atom. The molecule has 0 saturated carbocycles. The number of esters is 1. The zero-order chi connectivity index (χ0) is 19.8. The second-order valence-corrected chi connectivity index (χ2v) is 8.75. The molecule has 3 heterocycles. The van der Waals surface area contributed by atoms with Crippen LogP contribution in [0.5, 0.6) is 0 Å². The van der Waals surface area contributed by atoms with E-state index in [4.69, 9.17) is 9.47 Å². The zero-order valence-corrected chi connectivity index (χ0v) is 16.7. The predicted molar refractivity (Wildman–Crippen MR) is 102 cm³/mol. The van der Waals surface area contributed by atoms with Gasteiger partial charge >= 0.3 is 5.97 Å². The Labute approximate surface area is 160 Å². The fraction of sp³-hybridized carbons (Fsp3) is 0.571. The molecule has 0 bridgehead atoms. The summed E-state index contributed by atoms with van der Waals surface area (Å²) in [5, 5.41) is 13.7. The molecule has 0 amide bonds. The number of hydrogen-bond donors (Lipinski definition) is 0. The lowest BCUT2D eigenvalue weighted by Gasteiger charge is -2.35. The first-order chi connectivity index (χ1) is 12.6. The molecule has 3 rings (SSSR count). The van der Waals surface area contributed by atoms with E-state index in [1.807, 2.05) is 33.0 Å². The van der Waals surface area contributed by atoms with Crippen molar-refractivity contribution in [3.63, 3.8) is 0 Å². The van der Waals surface area contributed by atoms with Crippen molar-refractivity contribution in [3.8, 4) is 6.07 Å². The molecule has 1 aliphatic heterocycles. The van der Waals surface area contributed by atoms with Gasteiger partial charge in [-0.3, -0.25) is 0 Å². The molecule has 1 fully saturated rings. The van der Waals surface area contributed by atoms with Gasteiger partial charge in [0.15, 0.2) is 5.69 Å². The third-order valence-corrected chi connectivity index (χ3v) is 4.77. The lowest BCUT2D eigenvalue weighted by molar-refractivity contribution is -0.0593. The van der Waals surface area contributed by atoms with E-state index in [1.165, 1.54) is 5.56 Å². The molecule has 6 nitrogen and oxygen atoms in total. The molecule has 1 unspecified atom stereocenters. The number of nitriles is 1. The van der Waals surface area contributed by atoms with Gasteiger partial charge in [0.05, 0.1) is 23.6 Å². The molecule has 144 valence electrons. The SMILES string of the molecule is CC(C)(C)OC(=O)c1nn2cc(C3CCOC(C)(C)C3)ccc2c1CC#N. The lowest BCUT2D eigenvalue weighted by Crippen LogP contribution is -2.33. The number of carbonyl (C=O) groups is 1. The fourth-order valence-electron chi connectivity index (χ4n) is 3.62. The van der Waals surface area contributed by atoms with E-state index >= 15 is 0 Å². The van der Waals surface area contributed by atoms with Gasteiger partial charge < -0.3 is 9.47 Å². The highest BCUT2D eigenvalue weighted by molar-refractivity contribution is 5.92. The van der Waals surface area contributed by atoms with Crippen molar-refractivity contribution in [2.24, 2.45) is 0 Å². The quantitative estimate of drug-likeness (QED) is 0.764. The molecular formula is C21H27N3O3. The Bertz CT molecular complexity index is 900. The molecule has 27 heavy (non-hydrogen) atoms. The predicted octanol–water partition coefficient (Wildman–Crippen LogP) is 4.03. The number of ether oxygens (including phenoxy) is 2. The molecule has 0 N–H and O–H groups in total. The molecule has 1 aliphatic rings. The van der Waals surface area contributed by atoms with Crippen LogP contribution in [0.2, 0.25) is 0 Å². The molecule has 0 spiro atoms. The highest BCUT2D eigenvalue weighted by Crippen LogP contribution is 2.36. The molecule has 0 aromatic carbocycles. The van der Waals surface area contributed by atoms with E-state index in [-0.39, 0.29) is 17.7 Å². The highest BCUT2D eigenvalue weighted by atomic mass is 16.6. The lowest BCUT2D eigenvalue weighted by atomic mass is 9.84. The maximum absolute atomic E-state index is 12.6. The Morgan fingerprint density at radius 1 is 1.44 bits per heavy atom. The Hall–Kier alpha value is -2.39. The van der Waals surface area contributed by atoms with Gasteiger partial charge in [-0.05, 0) is 65.0 Å². The summed E-state index contributed by atoms with van der Waals surface area (Å²) in [4.78, 5) is 12.6. The summed E-state index contributed by atoms with van der Waals surface area (Å²) in [7, 11) is 0. The van der Waals surface area contributed by atoms with E-state index in [1.54, 1.807) is 4.52 Å². The number of pyridine rings is 1. The van der Waals surface area contributed by atoms with Crippen LogP contribution in [0.15, 0.2) is 18.3 Å².